The van der Waals surface area contributed by atoms with Gasteiger partial charge in [0, 0.05) is 25.7 Å². The molecule has 102 heavy (non-hydrogen) atoms. The summed E-state index contributed by atoms with van der Waals surface area (Å²) in [6.07, 6.45) is 78.4. The molecule has 0 aromatic heterocycles. The third-order valence-electron chi connectivity index (χ3n) is 17.3. The molecule has 19 heteroatoms. The Morgan fingerprint density at radius 2 is 0.500 bits per heavy atom. The molecule has 0 aromatic rings. The van der Waals surface area contributed by atoms with Crippen LogP contribution in [0.25, 0.3) is 0 Å². The Hall–Kier alpha value is -3.76. The van der Waals surface area contributed by atoms with Gasteiger partial charge in [0.05, 0.1) is 26.4 Å². The standard InChI is InChI=1S/C83H148O17P2/c1-5-9-13-17-21-25-29-33-36-37-38-39-42-45-48-52-56-60-64-68-81(86)94-74-79(100-83(88)70-66-62-58-54-50-46-41-35-31-27-23-19-15-11-7-3)76-98-102(91,92)96-72-77(84)71-95-101(89,90)97-75-78(99-82(87)69-65-61-57-53-49-43-32-28-24-20-16-12-8-4)73-93-80(85)67-63-59-55-51-47-44-40-34-30-26-22-18-14-10-6-2/h16,20-21,25,28,32-36,38-41,77-79,84H,5-15,17-19,22-24,26-27,29-31,37,42-76H2,1-4H3,(H,89,90)(H,91,92)/b20-16-,25-21-,32-28-,36-33-,39-38-,40-34-,41-35-. The zero-order chi connectivity index (χ0) is 74.6. The highest BCUT2D eigenvalue weighted by Gasteiger charge is 2.30. The number of aliphatic hydroxyl groups is 1. The van der Waals surface area contributed by atoms with Crippen molar-refractivity contribution in [1.82, 2.24) is 0 Å². The fourth-order valence-corrected chi connectivity index (χ4v) is 12.6. The van der Waals surface area contributed by atoms with E-state index >= 15 is 0 Å². The number of phosphoric acid groups is 2. The molecule has 0 spiro atoms. The molecule has 0 aliphatic rings. The Bertz CT molecular complexity index is 2260. The largest absolute Gasteiger partial charge is 0.472 e. The number of unbranched alkanes of at least 4 members (excludes halogenated alkanes) is 37. The first-order chi connectivity index (χ1) is 49.7. The number of esters is 4. The van der Waals surface area contributed by atoms with E-state index in [9.17, 15) is 43.2 Å². The van der Waals surface area contributed by atoms with Gasteiger partial charge in [0.1, 0.15) is 19.3 Å². The zero-order valence-electron chi connectivity index (χ0n) is 64.8. The van der Waals surface area contributed by atoms with Crippen LogP contribution >= 0.6 is 15.6 Å². The molecule has 0 saturated carbocycles. The van der Waals surface area contributed by atoms with Crippen LogP contribution in [0.4, 0.5) is 0 Å². The van der Waals surface area contributed by atoms with Crippen molar-refractivity contribution in [2.75, 3.05) is 39.6 Å². The van der Waals surface area contributed by atoms with Crippen LogP contribution in [0.2, 0.25) is 0 Å². The number of carbonyl (C=O) groups is 4. The summed E-state index contributed by atoms with van der Waals surface area (Å²) >= 11 is 0. The van der Waals surface area contributed by atoms with E-state index in [1.165, 1.54) is 96.3 Å². The summed E-state index contributed by atoms with van der Waals surface area (Å²) < 4.78 is 68.6. The Morgan fingerprint density at radius 1 is 0.275 bits per heavy atom. The smallest absolute Gasteiger partial charge is 0.462 e. The van der Waals surface area contributed by atoms with Gasteiger partial charge in [-0.25, -0.2) is 9.13 Å². The first-order valence-corrected chi connectivity index (χ1v) is 43.8. The van der Waals surface area contributed by atoms with Crippen molar-refractivity contribution >= 4 is 39.5 Å². The summed E-state index contributed by atoms with van der Waals surface area (Å²) in [5, 5.41) is 10.6. The molecule has 5 atom stereocenters. The minimum atomic E-state index is -4.98. The lowest BCUT2D eigenvalue weighted by Gasteiger charge is -2.21. The van der Waals surface area contributed by atoms with Crippen LogP contribution in [-0.4, -0.2) is 96.7 Å². The maximum Gasteiger partial charge on any atom is 0.472 e. The van der Waals surface area contributed by atoms with Crippen molar-refractivity contribution in [3.63, 3.8) is 0 Å². The molecule has 0 aliphatic heterocycles. The maximum absolute atomic E-state index is 13.1. The third-order valence-corrected chi connectivity index (χ3v) is 19.2. The van der Waals surface area contributed by atoms with Gasteiger partial charge in [-0.3, -0.25) is 37.3 Å². The second-order valence-corrected chi connectivity index (χ2v) is 30.3. The summed E-state index contributed by atoms with van der Waals surface area (Å²) in [6.45, 7) is 4.78. The van der Waals surface area contributed by atoms with Crippen molar-refractivity contribution in [2.45, 2.75) is 380 Å². The Kier molecular flexibility index (Phi) is 72.7. The topological polar surface area (TPSA) is 237 Å². The number of carbonyl (C=O) groups excluding carboxylic acids is 4. The lowest BCUT2D eigenvalue weighted by molar-refractivity contribution is -0.161. The number of phosphoric ester groups is 2. The molecule has 0 aliphatic carbocycles. The average molecular weight is 1480 g/mol. The van der Waals surface area contributed by atoms with Crippen molar-refractivity contribution in [3.8, 4) is 0 Å². The molecule has 0 aromatic carbocycles. The maximum atomic E-state index is 13.1. The molecular weight excluding hydrogens is 1330 g/mol. The van der Waals surface area contributed by atoms with Gasteiger partial charge in [-0.1, -0.05) is 280 Å². The highest BCUT2D eigenvalue weighted by Crippen LogP contribution is 2.45. The molecule has 0 heterocycles. The zero-order valence-corrected chi connectivity index (χ0v) is 66.6. The summed E-state index contributed by atoms with van der Waals surface area (Å²) in [5.74, 6) is -2.20. The minimum Gasteiger partial charge on any atom is -0.462 e. The van der Waals surface area contributed by atoms with E-state index in [0.29, 0.717) is 25.7 Å². The highest BCUT2D eigenvalue weighted by atomic mass is 31.2. The molecule has 0 bridgehead atoms. The second-order valence-electron chi connectivity index (χ2n) is 27.3. The van der Waals surface area contributed by atoms with E-state index in [-0.39, 0.29) is 25.7 Å². The van der Waals surface area contributed by atoms with Gasteiger partial charge in [-0.05, 0) is 141 Å². The lowest BCUT2D eigenvalue weighted by atomic mass is 10.1. The minimum absolute atomic E-state index is 0.0786. The third kappa shape index (κ3) is 74.5. The predicted molar refractivity (Wildman–Crippen MR) is 418 cm³/mol. The molecule has 0 rings (SSSR count). The molecule has 17 nitrogen and oxygen atoms in total. The lowest BCUT2D eigenvalue weighted by Crippen LogP contribution is -2.30. The Morgan fingerprint density at radius 3 is 0.804 bits per heavy atom. The monoisotopic (exact) mass is 1480 g/mol. The first-order valence-electron chi connectivity index (χ1n) is 40.8. The molecule has 0 amide bonds. The van der Waals surface area contributed by atoms with E-state index in [2.05, 4.69) is 113 Å². The van der Waals surface area contributed by atoms with Crippen LogP contribution in [-0.2, 0) is 65.4 Å². The van der Waals surface area contributed by atoms with Crippen LogP contribution in [0.5, 0.6) is 0 Å². The second kappa shape index (κ2) is 75.5. The number of rotatable bonds is 77. The molecule has 0 saturated heterocycles. The van der Waals surface area contributed by atoms with E-state index < -0.39 is 97.5 Å². The number of aliphatic hydroxyl groups excluding tert-OH is 1. The van der Waals surface area contributed by atoms with Gasteiger partial charge in [0.25, 0.3) is 0 Å². The van der Waals surface area contributed by atoms with Crippen LogP contribution in [0, 0.1) is 0 Å². The van der Waals surface area contributed by atoms with Gasteiger partial charge >= 0.3 is 39.5 Å². The highest BCUT2D eigenvalue weighted by molar-refractivity contribution is 7.47. The number of ether oxygens (including phenoxy) is 4. The molecule has 3 N–H and O–H groups in total. The molecule has 592 valence electrons. The molecule has 0 radical (unpaired) electrons. The average Bonchev–Trinajstić information content (AvgIpc) is 0.944. The first kappa shape index (κ1) is 98.2. The number of allylic oxidation sites excluding steroid dienone is 14. The fourth-order valence-electron chi connectivity index (χ4n) is 11.0. The van der Waals surface area contributed by atoms with E-state index in [1.54, 1.807) is 0 Å². The van der Waals surface area contributed by atoms with Crippen molar-refractivity contribution in [1.29, 1.82) is 0 Å². The van der Waals surface area contributed by atoms with E-state index in [4.69, 9.17) is 37.0 Å². The fraction of sp³-hybridized carbons (Fsp3) is 0.783. The Balaban J connectivity index is 5.35. The van der Waals surface area contributed by atoms with Crippen LogP contribution < -0.4 is 0 Å². The van der Waals surface area contributed by atoms with Crippen LogP contribution in [0.1, 0.15) is 362 Å². The molecule has 5 unspecified atom stereocenters. The quantitative estimate of drug-likeness (QED) is 0.0169. The van der Waals surface area contributed by atoms with Gasteiger partial charge in [-0.2, -0.15) is 0 Å². The van der Waals surface area contributed by atoms with Gasteiger partial charge in [0.15, 0.2) is 12.2 Å². The Labute approximate surface area is 621 Å². The van der Waals surface area contributed by atoms with Gasteiger partial charge in [-0.15, -0.1) is 0 Å². The summed E-state index contributed by atoms with van der Waals surface area (Å²) in [6, 6.07) is 0. The SMILES string of the molecule is CCC/C=C\C/C=C\CCCCCCCC(=O)OC(COC(=O)CCCCCCC/C=C\CCCCCCCC)COP(=O)(O)OCC(O)COP(=O)(O)OCC(COC(=O)CCCCCCCC/C=C\C/C=C\C/C=C\CCCCC)OC(=O)CCCCCCC/C=C\CCCCCCCC. The number of hydrogen-bond donors (Lipinski definition) is 3. The number of hydrogen-bond acceptors (Lipinski definition) is 15. The van der Waals surface area contributed by atoms with E-state index in [0.717, 1.165) is 186 Å². The summed E-state index contributed by atoms with van der Waals surface area (Å²) in [7, 11) is -9.96. The predicted octanol–water partition coefficient (Wildman–Crippen LogP) is 23.8. The van der Waals surface area contributed by atoms with Crippen molar-refractivity contribution in [3.05, 3.63) is 85.1 Å². The summed E-state index contributed by atoms with van der Waals surface area (Å²) in [5.41, 5.74) is 0. The van der Waals surface area contributed by atoms with E-state index in [1.807, 2.05) is 0 Å². The summed E-state index contributed by atoms with van der Waals surface area (Å²) in [4.78, 5) is 73.0. The van der Waals surface area contributed by atoms with Crippen molar-refractivity contribution < 1.29 is 80.2 Å². The molecular formula is C83H148O17P2. The van der Waals surface area contributed by atoms with Gasteiger partial charge in [0.2, 0.25) is 0 Å². The van der Waals surface area contributed by atoms with Crippen LogP contribution in [0.3, 0.4) is 0 Å². The van der Waals surface area contributed by atoms with Crippen molar-refractivity contribution in [2.24, 2.45) is 0 Å². The van der Waals surface area contributed by atoms with Crippen LogP contribution in [0.15, 0.2) is 85.1 Å². The molecule has 0 fully saturated rings. The van der Waals surface area contributed by atoms with Gasteiger partial charge < -0.3 is 33.8 Å². The normalized spacial score (nSPS) is 14.3.